The molecule has 84 valence electrons. The van der Waals surface area contributed by atoms with E-state index in [4.69, 9.17) is 22.8 Å². The van der Waals surface area contributed by atoms with Gasteiger partial charge in [0.25, 0.3) is 0 Å². The summed E-state index contributed by atoms with van der Waals surface area (Å²) in [7, 11) is 0. The molecule has 0 aliphatic carbocycles. The number of terminal acetylenes is 1. The topological polar surface area (TPSA) is 21.3 Å². The Labute approximate surface area is 101 Å². The second-order valence-corrected chi connectivity index (χ2v) is 4.43. The first-order valence-electron chi connectivity index (χ1n) is 5.33. The van der Waals surface area contributed by atoms with Crippen LogP contribution in [0.25, 0.3) is 0 Å². The first-order valence-corrected chi connectivity index (χ1v) is 5.71. The van der Waals surface area contributed by atoms with Gasteiger partial charge in [0.2, 0.25) is 0 Å². The number of nitrogens with one attached hydrogen (secondary N) is 1. The summed E-state index contributed by atoms with van der Waals surface area (Å²) in [6, 6.07) is 5.81. The summed E-state index contributed by atoms with van der Waals surface area (Å²) in [6.45, 7) is 2.72. The summed E-state index contributed by atoms with van der Waals surface area (Å²) in [5.74, 6) is 3.57. The quantitative estimate of drug-likeness (QED) is 0.812. The number of hydrogen-bond donors (Lipinski definition) is 1. The Kier molecular flexibility index (Phi) is 3.38. The maximum atomic E-state index is 5.92. The van der Waals surface area contributed by atoms with Crippen LogP contribution in [0, 0.1) is 12.3 Å². The van der Waals surface area contributed by atoms with Gasteiger partial charge >= 0.3 is 0 Å². The fourth-order valence-electron chi connectivity index (χ4n) is 1.77. The third-order valence-corrected chi connectivity index (χ3v) is 2.90. The fourth-order valence-corrected chi connectivity index (χ4v) is 1.96. The maximum Gasteiger partial charge on any atom is 0.123 e. The molecule has 0 fully saturated rings. The van der Waals surface area contributed by atoms with E-state index >= 15 is 0 Å². The van der Waals surface area contributed by atoms with Crippen molar-refractivity contribution in [3.8, 4) is 18.1 Å². The standard InChI is InChI=1S/C13H14ClNO/c1-3-9(2)15-8-12-7-10-6-11(14)4-5-13(10)16-12/h1,4-6,9,12,15H,7-8H2,2H3. The lowest BCUT2D eigenvalue weighted by Crippen LogP contribution is -2.35. The van der Waals surface area contributed by atoms with E-state index in [-0.39, 0.29) is 12.1 Å². The number of halogens is 1. The van der Waals surface area contributed by atoms with Gasteiger partial charge in [-0.15, -0.1) is 6.42 Å². The van der Waals surface area contributed by atoms with Crippen LogP contribution in [-0.4, -0.2) is 18.7 Å². The molecule has 0 spiro atoms. The van der Waals surface area contributed by atoms with Gasteiger partial charge < -0.3 is 10.1 Å². The average molecular weight is 236 g/mol. The van der Waals surface area contributed by atoms with Crippen LogP contribution in [0.3, 0.4) is 0 Å². The molecule has 1 aromatic carbocycles. The Hall–Kier alpha value is -1.17. The predicted molar refractivity (Wildman–Crippen MR) is 65.9 cm³/mol. The lowest BCUT2D eigenvalue weighted by atomic mass is 10.1. The molecule has 0 aromatic heterocycles. The van der Waals surface area contributed by atoms with Crippen LogP contribution in [0.5, 0.6) is 5.75 Å². The highest BCUT2D eigenvalue weighted by Crippen LogP contribution is 2.30. The van der Waals surface area contributed by atoms with Crippen molar-refractivity contribution in [2.45, 2.75) is 25.5 Å². The van der Waals surface area contributed by atoms with Crippen molar-refractivity contribution in [1.82, 2.24) is 5.32 Å². The molecule has 0 saturated carbocycles. The first kappa shape index (κ1) is 11.3. The molecule has 2 atom stereocenters. The lowest BCUT2D eigenvalue weighted by molar-refractivity contribution is 0.226. The number of benzene rings is 1. The van der Waals surface area contributed by atoms with Crippen molar-refractivity contribution in [2.24, 2.45) is 0 Å². The van der Waals surface area contributed by atoms with Crippen LogP contribution in [-0.2, 0) is 6.42 Å². The van der Waals surface area contributed by atoms with Gasteiger partial charge in [0.1, 0.15) is 11.9 Å². The molecule has 2 nitrogen and oxygen atoms in total. The van der Waals surface area contributed by atoms with Gasteiger partial charge in [-0.1, -0.05) is 17.5 Å². The Morgan fingerprint density at radius 1 is 1.69 bits per heavy atom. The van der Waals surface area contributed by atoms with Crippen molar-refractivity contribution >= 4 is 11.6 Å². The summed E-state index contributed by atoms with van der Waals surface area (Å²) < 4.78 is 5.77. The summed E-state index contributed by atoms with van der Waals surface area (Å²) in [6.07, 6.45) is 6.34. The van der Waals surface area contributed by atoms with Crippen LogP contribution in [0.2, 0.25) is 5.02 Å². The molecule has 3 heteroatoms. The van der Waals surface area contributed by atoms with Crippen LogP contribution >= 0.6 is 11.6 Å². The number of rotatable bonds is 3. The maximum absolute atomic E-state index is 5.92. The summed E-state index contributed by atoms with van der Waals surface area (Å²) in [5, 5.41) is 3.99. The molecule has 0 amide bonds. The van der Waals surface area contributed by atoms with Crippen molar-refractivity contribution in [2.75, 3.05) is 6.54 Å². The van der Waals surface area contributed by atoms with Gasteiger partial charge in [0.15, 0.2) is 0 Å². The van der Waals surface area contributed by atoms with Gasteiger partial charge in [-0.3, -0.25) is 0 Å². The van der Waals surface area contributed by atoms with E-state index in [1.165, 1.54) is 5.56 Å². The van der Waals surface area contributed by atoms with Crippen LogP contribution < -0.4 is 10.1 Å². The van der Waals surface area contributed by atoms with E-state index in [2.05, 4.69) is 11.2 Å². The smallest absolute Gasteiger partial charge is 0.123 e. The largest absolute Gasteiger partial charge is 0.488 e. The second-order valence-electron chi connectivity index (χ2n) is 3.99. The molecular weight excluding hydrogens is 222 g/mol. The Balaban J connectivity index is 1.93. The van der Waals surface area contributed by atoms with E-state index < -0.39 is 0 Å². The minimum atomic E-state index is 0.0795. The Morgan fingerprint density at radius 2 is 2.50 bits per heavy atom. The van der Waals surface area contributed by atoms with Gasteiger partial charge in [-0.05, 0) is 30.7 Å². The Bertz CT molecular complexity index is 424. The predicted octanol–water partition coefficient (Wildman–Crippen LogP) is 2.25. The van der Waals surface area contributed by atoms with E-state index in [9.17, 15) is 0 Å². The zero-order chi connectivity index (χ0) is 11.5. The third-order valence-electron chi connectivity index (χ3n) is 2.67. The monoisotopic (exact) mass is 235 g/mol. The average Bonchev–Trinajstić information content (AvgIpc) is 2.67. The molecule has 2 unspecified atom stereocenters. The van der Waals surface area contributed by atoms with Crippen molar-refractivity contribution in [1.29, 1.82) is 0 Å². The molecule has 1 aliphatic heterocycles. The van der Waals surface area contributed by atoms with E-state index in [0.717, 1.165) is 23.7 Å². The van der Waals surface area contributed by atoms with Crippen molar-refractivity contribution < 1.29 is 4.74 Å². The molecule has 16 heavy (non-hydrogen) atoms. The van der Waals surface area contributed by atoms with Crippen LogP contribution in [0.1, 0.15) is 12.5 Å². The number of hydrogen-bond acceptors (Lipinski definition) is 2. The fraction of sp³-hybridized carbons (Fsp3) is 0.385. The van der Waals surface area contributed by atoms with Gasteiger partial charge in [-0.25, -0.2) is 0 Å². The highest BCUT2D eigenvalue weighted by Gasteiger charge is 2.22. The zero-order valence-electron chi connectivity index (χ0n) is 9.16. The molecular formula is C13H14ClNO. The van der Waals surface area contributed by atoms with Gasteiger partial charge in [0, 0.05) is 18.0 Å². The van der Waals surface area contributed by atoms with Gasteiger partial charge in [0.05, 0.1) is 6.04 Å². The molecule has 2 rings (SSSR count). The zero-order valence-corrected chi connectivity index (χ0v) is 9.92. The van der Waals surface area contributed by atoms with Gasteiger partial charge in [-0.2, -0.15) is 0 Å². The summed E-state index contributed by atoms with van der Waals surface area (Å²) in [4.78, 5) is 0. The molecule has 0 bridgehead atoms. The SMILES string of the molecule is C#CC(C)NCC1Cc2cc(Cl)ccc2O1. The highest BCUT2D eigenvalue weighted by molar-refractivity contribution is 6.30. The van der Waals surface area contributed by atoms with E-state index in [1.54, 1.807) is 0 Å². The third kappa shape index (κ3) is 2.49. The summed E-state index contributed by atoms with van der Waals surface area (Å²) in [5.41, 5.74) is 1.17. The van der Waals surface area contributed by atoms with E-state index in [1.807, 2.05) is 25.1 Å². The first-order chi connectivity index (χ1) is 7.69. The molecule has 0 saturated heterocycles. The molecule has 1 N–H and O–H groups in total. The number of fused-ring (bicyclic) bond motifs is 1. The molecule has 0 radical (unpaired) electrons. The van der Waals surface area contributed by atoms with Crippen molar-refractivity contribution in [3.63, 3.8) is 0 Å². The Morgan fingerprint density at radius 3 is 3.25 bits per heavy atom. The second kappa shape index (κ2) is 4.78. The normalized spacial score (nSPS) is 19.7. The molecule has 1 aromatic rings. The highest BCUT2D eigenvalue weighted by atomic mass is 35.5. The number of ether oxygens (including phenoxy) is 1. The lowest BCUT2D eigenvalue weighted by Gasteiger charge is -2.13. The molecule has 1 aliphatic rings. The molecule has 1 heterocycles. The van der Waals surface area contributed by atoms with Crippen LogP contribution in [0.15, 0.2) is 18.2 Å². The summed E-state index contributed by atoms with van der Waals surface area (Å²) >= 11 is 5.92. The van der Waals surface area contributed by atoms with Crippen LogP contribution in [0.4, 0.5) is 0 Å². The van der Waals surface area contributed by atoms with Crippen molar-refractivity contribution in [3.05, 3.63) is 28.8 Å². The minimum Gasteiger partial charge on any atom is -0.488 e. The minimum absolute atomic E-state index is 0.0795. The van der Waals surface area contributed by atoms with E-state index in [0.29, 0.717) is 0 Å².